The second-order valence-corrected chi connectivity index (χ2v) is 14.6. The fraction of sp³-hybridized carbons (Fsp3) is 0.676. The van der Waals surface area contributed by atoms with Crippen molar-refractivity contribution in [3.05, 3.63) is 35.4 Å². The molecule has 0 bridgehead atoms. The molecule has 1 aliphatic heterocycles. The normalized spacial score (nSPS) is 30.2. The largest absolute Gasteiger partial charge is 0.446 e. The molecule has 1 saturated heterocycles. The van der Waals surface area contributed by atoms with Crippen molar-refractivity contribution in [2.24, 2.45) is 46.7 Å². The highest BCUT2D eigenvalue weighted by Gasteiger charge is 2.69. The number of Topliss-reactive ketones (excluding diaryl/α,β-unsaturated/α-hetero) is 2. The lowest BCUT2D eigenvalue weighted by Crippen LogP contribution is -2.57. The number of carbonyl (C=O) groups excluding carboxylic acids is 5. The van der Waals surface area contributed by atoms with Crippen LogP contribution in [0.25, 0.3) is 0 Å². The summed E-state index contributed by atoms with van der Waals surface area (Å²) in [6.45, 7) is 6.74. The van der Waals surface area contributed by atoms with E-state index >= 15 is 0 Å². The molecule has 4 aliphatic carbocycles. The van der Waals surface area contributed by atoms with Crippen molar-refractivity contribution >= 4 is 29.5 Å². The lowest BCUT2D eigenvalue weighted by molar-refractivity contribution is -0.144. The first-order valence-electron chi connectivity index (χ1n) is 16.2. The molecule has 9 nitrogen and oxygen atoms in total. The average Bonchev–Trinajstić information content (AvgIpc) is 3.60. The van der Waals surface area contributed by atoms with Crippen LogP contribution in [0.3, 0.4) is 0 Å². The Bertz CT molecular complexity index is 1300. The van der Waals surface area contributed by atoms with E-state index in [1.54, 1.807) is 4.90 Å². The Kier molecular flexibility index (Phi) is 7.88. The van der Waals surface area contributed by atoms with Crippen molar-refractivity contribution in [3.8, 4) is 0 Å². The molecule has 43 heavy (non-hydrogen) atoms. The summed E-state index contributed by atoms with van der Waals surface area (Å²) in [5, 5.41) is 2.96. The Balaban J connectivity index is 1.24. The van der Waals surface area contributed by atoms with Crippen LogP contribution in [0.15, 0.2) is 24.3 Å². The molecule has 7 atom stereocenters. The smallest absolute Gasteiger partial charge is 0.408 e. The third-order valence-corrected chi connectivity index (χ3v) is 11.3. The monoisotopic (exact) mass is 591 g/mol. The zero-order valence-electron chi connectivity index (χ0n) is 25.6. The van der Waals surface area contributed by atoms with E-state index in [4.69, 9.17) is 10.5 Å². The van der Waals surface area contributed by atoms with E-state index in [0.29, 0.717) is 31.7 Å². The minimum Gasteiger partial charge on any atom is -0.446 e. The molecule has 6 rings (SSSR count). The summed E-state index contributed by atoms with van der Waals surface area (Å²) in [5.41, 5.74) is 7.57. The van der Waals surface area contributed by atoms with Crippen molar-refractivity contribution in [3.63, 3.8) is 0 Å². The van der Waals surface area contributed by atoms with Crippen LogP contribution < -0.4 is 11.1 Å². The molecular formula is C34H45N3O6. The van der Waals surface area contributed by atoms with Gasteiger partial charge in [0.05, 0.1) is 6.04 Å². The third-order valence-electron chi connectivity index (χ3n) is 11.3. The summed E-state index contributed by atoms with van der Waals surface area (Å²) < 4.78 is 5.82. The highest BCUT2D eigenvalue weighted by atomic mass is 16.6. The van der Waals surface area contributed by atoms with Gasteiger partial charge in [-0.15, -0.1) is 0 Å². The van der Waals surface area contributed by atoms with Crippen LogP contribution in [0.2, 0.25) is 0 Å². The SMILES string of the molecule is CC1CCCC1OC(=O)N[C@H](C(=O)N1C[C@H]2[C@@H]([C@H]1C(=O)CC(CC1CC1)C(=O)C(N)=O)C2(C)C)C1Cc2ccccc2C1. The minimum absolute atomic E-state index is 0.0260. The number of carbonyl (C=O) groups is 5. The number of benzene rings is 1. The standard InChI is InChI=1S/C34H45N3O6/c1-18-7-6-10-26(18)43-33(42)36-28(22-14-20-8-4-5-9-21(20)15-22)32(41)37-17-24-27(34(24,2)3)29(37)25(38)16-23(13-19-11-12-19)30(39)31(35)40/h4-5,8-9,18-19,22-24,26-29H,6-7,10-17H2,1-3H3,(H2,35,40)(H,36,42)/t18?,23?,24-,26?,27-,28-,29+/m0/s1. The van der Waals surface area contributed by atoms with Gasteiger partial charge >= 0.3 is 6.09 Å². The molecule has 9 heteroatoms. The lowest BCUT2D eigenvalue weighted by Gasteiger charge is -2.35. The zero-order chi connectivity index (χ0) is 30.6. The van der Waals surface area contributed by atoms with E-state index in [0.717, 1.165) is 43.2 Å². The van der Waals surface area contributed by atoms with Gasteiger partial charge in [-0.05, 0) is 84.7 Å². The predicted molar refractivity (Wildman–Crippen MR) is 158 cm³/mol. The molecule has 0 radical (unpaired) electrons. The second kappa shape index (κ2) is 11.4. The number of nitrogens with zero attached hydrogens (tertiary/aromatic N) is 1. The maximum absolute atomic E-state index is 14.5. The number of primary amides is 1. The summed E-state index contributed by atoms with van der Waals surface area (Å²) in [6, 6.07) is 6.54. The van der Waals surface area contributed by atoms with Gasteiger partial charge in [0.2, 0.25) is 11.7 Å². The summed E-state index contributed by atoms with van der Waals surface area (Å²) in [6.07, 6.45) is 5.71. The van der Waals surface area contributed by atoms with Crippen LogP contribution in [-0.4, -0.2) is 59.1 Å². The highest BCUT2D eigenvalue weighted by molar-refractivity contribution is 6.36. The molecule has 3 N–H and O–H groups in total. The minimum atomic E-state index is -1.01. The summed E-state index contributed by atoms with van der Waals surface area (Å²) in [5.74, 6) is -2.35. The Labute approximate surface area is 253 Å². The van der Waals surface area contributed by atoms with E-state index in [-0.39, 0.29) is 53.3 Å². The van der Waals surface area contributed by atoms with Gasteiger partial charge in [0.1, 0.15) is 12.1 Å². The molecule has 3 unspecified atom stereocenters. The van der Waals surface area contributed by atoms with Gasteiger partial charge in [0.15, 0.2) is 5.78 Å². The molecule has 1 heterocycles. The van der Waals surface area contributed by atoms with E-state index < -0.39 is 35.8 Å². The average molecular weight is 592 g/mol. The molecule has 232 valence electrons. The maximum Gasteiger partial charge on any atom is 0.408 e. The molecule has 1 aromatic carbocycles. The van der Waals surface area contributed by atoms with Crippen LogP contribution in [0.5, 0.6) is 0 Å². The van der Waals surface area contributed by atoms with E-state index in [2.05, 4.69) is 38.2 Å². The van der Waals surface area contributed by atoms with Crippen LogP contribution in [-0.2, 0) is 36.8 Å². The number of nitrogens with two attached hydrogens (primary N) is 1. The number of amides is 3. The topological polar surface area (TPSA) is 136 Å². The Hall–Kier alpha value is -3.23. The van der Waals surface area contributed by atoms with Crippen LogP contribution in [0, 0.1) is 40.9 Å². The van der Waals surface area contributed by atoms with Gasteiger partial charge in [-0.25, -0.2) is 4.79 Å². The maximum atomic E-state index is 14.5. The van der Waals surface area contributed by atoms with Crippen molar-refractivity contribution < 1.29 is 28.7 Å². The van der Waals surface area contributed by atoms with Gasteiger partial charge in [0, 0.05) is 18.9 Å². The summed E-state index contributed by atoms with van der Waals surface area (Å²) in [4.78, 5) is 67.9. The van der Waals surface area contributed by atoms with Gasteiger partial charge in [-0.3, -0.25) is 19.2 Å². The highest BCUT2D eigenvalue weighted by Crippen LogP contribution is 2.65. The molecular weight excluding hydrogens is 546 g/mol. The van der Waals surface area contributed by atoms with E-state index in [1.807, 2.05) is 12.1 Å². The number of ketones is 2. The van der Waals surface area contributed by atoms with Crippen molar-refractivity contribution in [1.82, 2.24) is 10.2 Å². The quantitative estimate of drug-likeness (QED) is 0.378. The number of alkyl carbamates (subject to hydrolysis) is 1. The number of fused-ring (bicyclic) bond motifs is 2. The number of rotatable bonds is 11. The van der Waals surface area contributed by atoms with Gasteiger partial charge in [0.25, 0.3) is 5.91 Å². The zero-order valence-corrected chi connectivity index (χ0v) is 25.6. The first kappa shape index (κ1) is 29.8. The molecule has 4 fully saturated rings. The number of piperidine rings is 1. The predicted octanol–water partition coefficient (Wildman–Crippen LogP) is 3.60. The Morgan fingerprint density at radius 3 is 2.30 bits per heavy atom. The first-order valence-corrected chi connectivity index (χ1v) is 16.2. The van der Waals surface area contributed by atoms with Crippen LogP contribution in [0.1, 0.15) is 76.8 Å². The van der Waals surface area contributed by atoms with E-state index in [9.17, 15) is 24.0 Å². The fourth-order valence-electron chi connectivity index (χ4n) is 8.46. The molecule has 3 saturated carbocycles. The molecule has 3 amide bonds. The Morgan fingerprint density at radius 1 is 1.05 bits per heavy atom. The third kappa shape index (κ3) is 5.84. The summed E-state index contributed by atoms with van der Waals surface area (Å²) >= 11 is 0. The Morgan fingerprint density at radius 2 is 1.72 bits per heavy atom. The number of likely N-dealkylation sites (tertiary alicyclic amines) is 1. The number of hydrogen-bond acceptors (Lipinski definition) is 6. The van der Waals surface area contributed by atoms with Gasteiger partial charge in [-0.1, -0.05) is 57.9 Å². The fourth-order valence-corrected chi connectivity index (χ4v) is 8.46. The van der Waals surface area contributed by atoms with Crippen molar-refractivity contribution in [2.45, 2.75) is 96.7 Å². The molecule has 0 aromatic heterocycles. The van der Waals surface area contributed by atoms with Crippen LogP contribution >= 0.6 is 0 Å². The first-order chi connectivity index (χ1) is 20.5. The number of nitrogens with one attached hydrogen (secondary N) is 1. The molecule has 1 aromatic rings. The van der Waals surface area contributed by atoms with Gasteiger partial charge in [-0.2, -0.15) is 0 Å². The van der Waals surface area contributed by atoms with Crippen molar-refractivity contribution in [2.75, 3.05) is 6.54 Å². The van der Waals surface area contributed by atoms with Gasteiger partial charge < -0.3 is 20.7 Å². The number of hydrogen-bond donors (Lipinski definition) is 2. The lowest BCUT2D eigenvalue weighted by atomic mass is 9.86. The van der Waals surface area contributed by atoms with Crippen molar-refractivity contribution in [1.29, 1.82) is 0 Å². The molecule has 0 spiro atoms. The number of ether oxygens (including phenoxy) is 1. The molecule has 5 aliphatic rings. The second-order valence-electron chi connectivity index (χ2n) is 14.6. The summed E-state index contributed by atoms with van der Waals surface area (Å²) in [7, 11) is 0. The van der Waals surface area contributed by atoms with Crippen LogP contribution in [0.4, 0.5) is 4.79 Å². The van der Waals surface area contributed by atoms with E-state index in [1.165, 1.54) is 0 Å².